The number of guanidine groups is 1. The molecule has 0 bridgehead atoms. The van der Waals surface area contributed by atoms with Crippen LogP contribution in [0.25, 0.3) is 0 Å². The van der Waals surface area contributed by atoms with E-state index in [1.165, 1.54) is 18.5 Å². The van der Waals surface area contributed by atoms with Crippen molar-refractivity contribution in [1.29, 1.82) is 0 Å². The molecule has 1 aromatic heterocycles. The number of nitro benzene ring substituents is 1. The van der Waals surface area contributed by atoms with Crippen LogP contribution in [0.4, 0.5) is 5.69 Å². The number of halogens is 1. The molecule has 0 atom stereocenters. The van der Waals surface area contributed by atoms with Crippen LogP contribution in [0.15, 0.2) is 35.6 Å². The lowest BCUT2D eigenvalue weighted by Crippen LogP contribution is -2.36. The maximum Gasteiger partial charge on any atom is 0.269 e. The summed E-state index contributed by atoms with van der Waals surface area (Å²) in [6.07, 6.45) is 1.48. The van der Waals surface area contributed by atoms with Crippen molar-refractivity contribution < 1.29 is 4.92 Å². The smallest absolute Gasteiger partial charge is 0.269 e. The zero-order valence-corrected chi connectivity index (χ0v) is 15.1. The fraction of sp³-hybridized carbons (Fsp3) is 0.308. The predicted octanol–water partition coefficient (Wildman–Crippen LogP) is 1.21. The SMILES string of the molecule is CN=C(NCc1cccc([N+](=O)[O-])c1)NCc1ncnn1C.I. The van der Waals surface area contributed by atoms with Gasteiger partial charge < -0.3 is 10.6 Å². The molecule has 0 radical (unpaired) electrons. The Labute approximate surface area is 150 Å². The highest BCUT2D eigenvalue weighted by Crippen LogP contribution is 2.12. The molecular weight excluding hydrogens is 413 g/mol. The monoisotopic (exact) mass is 431 g/mol. The number of aliphatic imine (C=N–C) groups is 1. The van der Waals surface area contributed by atoms with Crippen LogP contribution in [0.2, 0.25) is 0 Å². The lowest BCUT2D eigenvalue weighted by atomic mass is 10.2. The Morgan fingerprint density at radius 1 is 1.39 bits per heavy atom. The second kappa shape index (κ2) is 9.02. The summed E-state index contributed by atoms with van der Waals surface area (Å²) in [5.74, 6) is 1.35. The Hall–Kier alpha value is -2.24. The minimum Gasteiger partial charge on any atom is -0.352 e. The van der Waals surface area contributed by atoms with Gasteiger partial charge in [-0.1, -0.05) is 12.1 Å². The Morgan fingerprint density at radius 2 is 2.13 bits per heavy atom. The third-order valence-electron chi connectivity index (χ3n) is 3.02. The fourth-order valence-electron chi connectivity index (χ4n) is 1.83. The van der Waals surface area contributed by atoms with Crippen molar-refractivity contribution in [3.63, 3.8) is 0 Å². The van der Waals surface area contributed by atoms with Crippen molar-refractivity contribution in [3.8, 4) is 0 Å². The standard InChI is InChI=1S/C13H17N7O2.HI/c1-14-13(16-8-12-17-9-18-19(12)2)15-7-10-4-3-5-11(6-10)20(21)22;/h3-6,9H,7-8H2,1-2H3,(H2,14,15,16);1H. The van der Waals surface area contributed by atoms with E-state index in [0.717, 1.165) is 11.4 Å². The second-order valence-electron chi connectivity index (χ2n) is 4.51. The molecule has 1 heterocycles. The molecule has 0 amide bonds. The van der Waals surface area contributed by atoms with Crippen molar-refractivity contribution in [2.24, 2.45) is 12.0 Å². The number of nitrogens with zero attached hydrogens (tertiary/aromatic N) is 5. The lowest BCUT2D eigenvalue weighted by molar-refractivity contribution is -0.384. The van der Waals surface area contributed by atoms with Crippen LogP contribution in [0.1, 0.15) is 11.4 Å². The van der Waals surface area contributed by atoms with Gasteiger partial charge in [0.05, 0.1) is 11.5 Å². The highest BCUT2D eigenvalue weighted by atomic mass is 127. The Balaban J connectivity index is 0.00000264. The van der Waals surface area contributed by atoms with E-state index < -0.39 is 4.92 Å². The van der Waals surface area contributed by atoms with Gasteiger partial charge in [-0.3, -0.25) is 19.8 Å². The van der Waals surface area contributed by atoms with Gasteiger partial charge >= 0.3 is 0 Å². The number of rotatable bonds is 5. The first-order chi connectivity index (χ1) is 10.6. The first kappa shape index (κ1) is 18.8. The minimum atomic E-state index is -0.412. The van der Waals surface area contributed by atoms with Crippen molar-refractivity contribution >= 4 is 35.6 Å². The van der Waals surface area contributed by atoms with E-state index in [0.29, 0.717) is 19.0 Å². The van der Waals surface area contributed by atoms with E-state index in [4.69, 9.17) is 0 Å². The van der Waals surface area contributed by atoms with E-state index in [1.807, 2.05) is 13.1 Å². The summed E-state index contributed by atoms with van der Waals surface area (Å²) >= 11 is 0. The molecular formula is C13H18IN7O2. The molecule has 0 aliphatic heterocycles. The Kier molecular flexibility index (Phi) is 7.38. The molecule has 2 rings (SSSR count). The summed E-state index contributed by atoms with van der Waals surface area (Å²) in [4.78, 5) is 18.5. The summed E-state index contributed by atoms with van der Waals surface area (Å²) < 4.78 is 1.67. The molecule has 124 valence electrons. The van der Waals surface area contributed by atoms with Crippen molar-refractivity contribution in [1.82, 2.24) is 25.4 Å². The van der Waals surface area contributed by atoms with Gasteiger partial charge in [-0.15, -0.1) is 24.0 Å². The molecule has 0 fully saturated rings. The quantitative estimate of drug-likeness (QED) is 0.242. The summed E-state index contributed by atoms with van der Waals surface area (Å²) in [6, 6.07) is 6.47. The maximum absolute atomic E-state index is 10.7. The van der Waals surface area contributed by atoms with E-state index in [9.17, 15) is 10.1 Å². The molecule has 9 nitrogen and oxygen atoms in total. The van der Waals surface area contributed by atoms with Crippen LogP contribution >= 0.6 is 24.0 Å². The van der Waals surface area contributed by atoms with Crippen LogP contribution in [0.5, 0.6) is 0 Å². The minimum absolute atomic E-state index is 0. The van der Waals surface area contributed by atoms with Gasteiger partial charge in [-0.2, -0.15) is 5.10 Å². The number of benzene rings is 1. The number of aromatic nitrogens is 3. The fourth-order valence-corrected chi connectivity index (χ4v) is 1.83. The molecule has 2 N–H and O–H groups in total. The van der Waals surface area contributed by atoms with E-state index in [1.54, 1.807) is 17.8 Å². The van der Waals surface area contributed by atoms with Gasteiger partial charge in [0, 0.05) is 32.8 Å². The lowest BCUT2D eigenvalue weighted by Gasteiger charge is -2.11. The summed E-state index contributed by atoms with van der Waals surface area (Å²) in [5, 5.41) is 20.9. The van der Waals surface area contributed by atoms with Crippen molar-refractivity contribution in [2.75, 3.05) is 7.05 Å². The first-order valence-corrected chi connectivity index (χ1v) is 6.61. The Bertz CT molecular complexity index is 686. The molecule has 1 aromatic carbocycles. The molecule has 0 saturated heterocycles. The normalized spacial score (nSPS) is 10.8. The van der Waals surface area contributed by atoms with Crippen LogP contribution in [0.3, 0.4) is 0 Å². The number of nitrogens with one attached hydrogen (secondary N) is 2. The van der Waals surface area contributed by atoms with Gasteiger partial charge in [-0.25, -0.2) is 4.98 Å². The summed E-state index contributed by atoms with van der Waals surface area (Å²) in [6.45, 7) is 0.908. The van der Waals surface area contributed by atoms with Gasteiger partial charge in [0.25, 0.3) is 5.69 Å². The average Bonchev–Trinajstić information content (AvgIpc) is 2.93. The van der Waals surface area contributed by atoms with Crippen LogP contribution in [-0.2, 0) is 20.1 Å². The largest absolute Gasteiger partial charge is 0.352 e. The van der Waals surface area contributed by atoms with Crippen molar-refractivity contribution in [3.05, 3.63) is 52.1 Å². The number of hydrogen-bond acceptors (Lipinski definition) is 5. The molecule has 0 aliphatic carbocycles. The first-order valence-electron chi connectivity index (χ1n) is 6.61. The average molecular weight is 431 g/mol. The highest BCUT2D eigenvalue weighted by Gasteiger charge is 2.06. The maximum atomic E-state index is 10.7. The second-order valence-corrected chi connectivity index (χ2v) is 4.51. The van der Waals surface area contributed by atoms with Crippen LogP contribution in [0, 0.1) is 10.1 Å². The third kappa shape index (κ3) is 5.47. The highest BCUT2D eigenvalue weighted by molar-refractivity contribution is 14.0. The molecule has 0 unspecified atom stereocenters. The van der Waals surface area contributed by atoms with Gasteiger partial charge in [-0.05, 0) is 5.56 Å². The number of nitro groups is 1. The molecule has 0 spiro atoms. The van der Waals surface area contributed by atoms with E-state index in [2.05, 4.69) is 25.7 Å². The van der Waals surface area contributed by atoms with Crippen molar-refractivity contribution in [2.45, 2.75) is 13.1 Å². The molecule has 10 heteroatoms. The molecule has 23 heavy (non-hydrogen) atoms. The number of hydrogen-bond donors (Lipinski definition) is 2. The zero-order chi connectivity index (χ0) is 15.9. The topological polar surface area (TPSA) is 110 Å². The van der Waals surface area contributed by atoms with Gasteiger partial charge in [0.1, 0.15) is 12.2 Å². The molecule has 2 aromatic rings. The number of aryl methyl sites for hydroxylation is 1. The third-order valence-corrected chi connectivity index (χ3v) is 3.02. The van der Waals surface area contributed by atoms with Gasteiger partial charge in [0.15, 0.2) is 5.96 Å². The van der Waals surface area contributed by atoms with Gasteiger partial charge in [0.2, 0.25) is 0 Å². The predicted molar refractivity (Wildman–Crippen MR) is 96.6 cm³/mol. The van der Waals surface area contributed by atoms with E-state index in [-0.39, 0.29) is 29.7 Å². The van der Waals surface area contributed by atoms with Crippen LogP contribution in [-0.4, -0.2) is 32.7 Å². The molecule has 0 aliphatic rings. The number of non-ortho nitro benzene ring substituents is 1. The Morgan fingerprint density at radius 3 is 2.74 bits per heavy atom. The molecule has 0 saturated carbocycles. The summed E-state index contributed by atoms with van der Waals surface area (Å²) in [5.41, 5.74) is 0.872. The van der Waals surface area contributed by atoms with Crippen LogP contribution < -0.4 is 10.6 Å². The summed E-state index contributed by atoms with van der Waals surface area (Å²) in [7, 11) is 3.46. The zero-order valence-electron chi connectivity index (χ0n) is 12.8. The van der Waals surface area contributed by atoms with E-state index >= 15 is 0 Å².